The van der Waals surface area contributed by atoms with E-state index < -0.39 is 83.8 Å². The maximum Gasteiger partial charge on any atom is 0.326 e. The highest BCUT2D eigenvalue weighted by atomic mass is 16.6. The van der Waals surface area contributed by atoms with Crippen LogP contribution in [0.15, 0.2) is 102 Å². The first kappa shape index (κ1) is 43.9. The Hall–Kier alpha value is -7.24. The van der Waals surface area contributed by atoms with E-state index in [9.17, 15) is 43.5 Å². The number of anilines is 1. The zero-order valence-corrected chi connectivity index (χ0v) is 32.5. The molecule has 4 aromatic rings. The molecule has 6 N–H and O–H groups in total. The summed E-state index contributed by atoms with van der Waals surface area (Å²) in [6.45, 7) is 1.94. The first-order chi connectivity index (χ1) is 28.6. The number of carbonyl (C=O) groups excluding carboxylic acids is 7. The van der Waals surface area contributed by atoms with Crippen molar-refractivity contribution in [2.45, 2.75) is 75.9 Å². The van der Waals surface area contributed by atoms with E-state index in [-0.39, 0.29) is 37.1 Å². The number of esters is 2. The van der Waals surface area contributed by atoms with Crippen LogP contribution in [0.25, 0.3) is 0 Å². The van der Waals surface area contributed by atoms with E-state index in [0.29, 0.717) is 22.2 Å². The van der Waals surface area contributed by atoms with Gasteiger partial charge in [0.2, 0.25) is 29.9 Å². The van der Waals surface area contributed by atoms with Crippen molar-refractivity contribution in [1.82, 2.24) is 21.3 Å². The topological polar surface area (TPSA) is 249 Å². The molecule has 17 nitrogen and oxygen atoms in total. The van der Waals surface area contributed by atoms with E-state index in [1.165, 1.54) is 30.5 Å². The third-order valence-corrected chi connectivity index (χ3v) is 9.24. The molecule has 2 bridgehead atoms. The maximum atomic E-state index is 14.4. The van der Waals surface area contributed by atoms with Gasteiger partial charge < -0.3 is 45.6 Å². The standard InChI is InChI=1S/C42H42BN5O12/c1-23(49)59-35-36(60-24(2)50)41(55)47-32(19-25-7-4-3-5-8-25)38(52)45-31(20-26-10-14-28(43)15-11-26)37(51)46-33(22-30-9-6-18-58-30)39(53)48-34(42(56)57)21-27-12-16-29(17-13-27)44-40(35)54/h3-18,31-36H,19-22H2,1-2H3,(H,44,54)(H,45,52)(H,46,51)(H,47,55)(H,48,53)(H,56,57)/t31-,32+,33+,34+,35+,36+/m0/s1. The van der Waals surface area contributed by atoms with E-state index in [1.54, 1.807) is 66.7 Å². The number of fused-ring (bicyclic) bond motifs is 18. The van der Waals surface area contributed by atoms with Crippen molar-refractivity contribution in [2.24, 2.45) is 0 Å². The van der Waals surface area contributed by atoms with Gasteiger partial charge in [-0.3, -0.25) is 33.6 Å². The summed E-state index contributed by atoms with van der Waals surface area (Å²) in [6.07, 6.45) is -3.60. The highest BCUT2D eigenvalue weighted by Crippen LogP contribution is 2.17. The van der Waals surface area contributed by atoms with Crippen molar-refractivity contribution >= 4 is 66.4 Å². The van der Waals surface area contributed by atoms with Crippen molar-refractivity contribution in [3.8, 4) is 0 Å². The largest absolute Gasteiger partial charge is 0.480 e. The molecule has 310 valence electrons. The van der Waals surface area contributed by atoms with Crippen LogP contribution in [0.2, 0.25) is 0 Å². The molecule has 0 fully saturated rings. The van der Waals surface area contributed by atoms with Crippen LogP contribution in [0, 0.1) is 0 Å². The van der Waals surface area contributed by atoms with Gasteiger partial charge in [-0.2, -0.15) is 0 Å². The number of ether oxygens (including phenoxy) is 2. The van der Waals surface area contributed by atoms with Gasteiger partial charge in [-0.1, -0.05) is 72.2 Å². The summed E-state index contributed by atoms with van der Waals surface area (Å²) in [7, 11) is 5.89. The summed E-state index contributed by atoms with van der Waals surface area (Å²) in [5.74, 6) is -8.09. The van der Waals surface area contributed by atoms with Gasteiger partial charge in [0.15, 0.2) is 0 Å². The second-order valence-corrected chi connectivity index (χ2v) is 14.0. The number of benzene rings is 3. The lowest BCUT2D eigenvalue weighted by molar-refractivity contribution is -0.173. The minimum atomic E-state index is -2.12. The number of carbonyl (C=O) groups is 8. The molecule has 2 aliphatic heterocycles. The quantitative estimate of drug-likeness (QED) is 0.0753. The van der Waals surface area contributed by atoms with Gasteiger partial charge in [-0.25, -0.2) is 4.79 Å². The molecular formula is C42H42BN5O12. The van der Waals surface area contributed by atoms with Crippen LogP contribution in [0.4, 0.5) is 5.69 Å². The minimum absolute atomic E-state index is 0.111. The number of hydrogen-bond donors (Lipinski definition) is 6. The van der Waals surface area contributed by atoms with E-state index >= 15 is 0 Å². The van der Waals surface area contributed by atoms with Crippen LogP contribution < -0.4 is 32.0 Å². The molecule has 0 unspecified atom stereocenters. The molecule has 60 heavy (non-hydrogen) atoms. The first-order valence-corrected chi connectivity index (χ1v) is 18.7. The van der Waals surface area contributed by atoms with Gasteiger partial charge in [0, 0.05) is 45.2 Å². The van der Waals surface area contributed by atoms with Crippen LogP contribution in [-0.2, 0) is 73.5 Å². The Morgan fingerprint density at radius 2 is 1.15 bits per heavy atom. The summed E-state index contributed by atoms with van der Waals surface area (Å²) in [5, 5.41) is 22.9. The number of aliphatic carboxylic acids is 1. The van der Waals surface area contributed by atoms with Crippen molar-refractivity contribution in [3.05, 3.63) is 120 Å². The van der Waals surface area contributed by atoms with Crippen molar-refractivity contribution in [1.29, 1.82) is 0 Å². The van der Waals surface area contributed by atoms with E-state index in [1.807, 2.05) is 0 Å². The molecule has 0 saturated carbocycles. The van der Waals surface area contributed by atoms with Gasteiger partial charge in [0.25, 0.3) is 11.8 Å². The second-order valence-electron chi connectivity index (χ2n) is 14.0. The summed E-state index contributed by atoms with van der Waals surface area (Å²) in [4.78, 5) is 107. The van der Waals surface area contributed by atoms with Gasteiger partial charge in [-0.15, -0.1) is 0 Å². The Kier molecular flexibility index (Phi) is 15.0. The predicted octanol–water partition coefficient (Wildman–Crippen LogP) is 0.183. The Morgan fingerprint density at radius 1 is 0.633 bits per heavy atom. The fourth-order valence-electron chi connectivity index (χ4n) is 6.30. The number of carboxylic acids is 1. The van der Waals surface area contributed by atoms with Crippen molar-refractivity contribution in [3.63, 3.8) is 0 Å². The highest BCUT2D eigenvalue weighted by Gasteiger charge is 2.41. The molecule has 0 spiro atoms. The SMILES string of the molecule is [B]c1ccc(C[C@@H]2NC(=O)[C@@H](Cc3ccccc3)NC(=O)[C@H](OC(C)=O)[C@@H](OC(C)=O)C(=O)Nc3ccc(cc3)C[C@H](C(=O)O)NC(=O)[C@@H](Cc3ccco3)NC2=O)cc1. The molecule has 6 atom stereocenters. The lowest BCUT2D eigenvalue weighted by Gasteiger charge is -2.28. The zero-order chi connectivity index (χ0) is 43.3. The Bertz CT molecular complexity index is 2180. The molecule has 0 aliphatic carbocycles. The molecule has 5 amide bonds. The van der Waals surface area contributed by atoms with Gasteiger partial charge >= 0.3 is 17.9 Å². The predicted molar refractivity (Wildman–Crippen MR) is 213 cm³/mol. The van der Waals surface area contributed by atoms with Crippen LogP contribution in [0.3, 0.4) is 0 Å². The average molecular weight is 820 g/mol. The van der Waals surface area contributed by atoms with Gasteiger partial charge in [0.1, 0.15) is 37.8 Å². The van der Waals surface area contributed by atoms with E-state index in [4.69, 9.17) is 21.7 Å². The molecule has 1 aromatic heterocycles. The monoisotopic (exact) mass is 819 g/mol. The molecule has 0 saturated heterocycles. The van der Waals surface area contributed by atoms with Crippen molar-refractivity contribution in [2.75, 3.05) is 5.32 Å². The van der Waals surface area contributed by atoms with E-state index in [2.05, 4.69) is 26.6 Å². The second kappa shape index (κ2) is 20.5. The molecule has 3 heterocycles. The summed E-state index contributed by atoms with van der Waals surface area (Å²) in [5.41, 5.74) is 2.02. The molecule has 2 aliphatic rings. The maximum absolute atomic E-state index is 14.4. The molecule has 3 aromatic carbocycles. The van der Waals surface area contributed by atoms with Gasteiger partial charge in [0.05, 0.1) is 6.26 Å². The van der Waals surface area contributed by atoms with Crippen LogP contribution >= 0.6 is 0 Å². The molecule has 18 heteroatoms. The fraction of sp³-hybridized carbons (Fsp3) is 0.286. The van der Waals surface area contributed by atoms with Crippen LogP contribution in [-0.4, -0.2) is 96.8 Å². The Morgan fingerprint density at radius 3 is 1.68 bits per heavy atom. The third-order valence-electron chi connectivity index (χ3n) is 9.24. The van der Waals surface area contributed by atoms with Crippen LogP contribution in [0.5, 0.6) is 0 Å². The number of amides is 5. The summed E-state index contributed by atoms with van der Waals surface area (Å²) < 4.78 is 15.9. The number of hydrogen-bond acceptors (Lipinski definition) is 11. The van der Waals surface area contributed by atoms with Gasteiger partial charge in [-0.05, 0) is 41.0 Å². The first-order valence-electron chi connectivity index (χ1n) is 18.7. The Labute approximate surface area is 345 Å². The fourth-order valence-corrected chi connectivity index (χ4v) is 6.30. The summed E-state index contributed by atoms with van der Waals surface area (Å²) in [6, 6.07) is 17.8. The lowest BCUT2D eigenvalue weighted by atomic mass is 9.93. The zero-order valence-electron chi connectivity index (χ0n) is 32.5. The normalized spacial score (nSPS) is 21.8. The van der Waals surface area contributed by atoms with Crippen LogP contribution in [0.1, 0.15) is 36.3 Å². The molecule has 2 radical (unpaired) electrons. The molecular weight excluding hydrogens is 777 g/mol. The smallest absolute Gasteiger partial charge is 0.326 e. The van der Waals surface area contributed by atoms with Crippen molar-refractivity contribution < 1.29 is 57.4 Å². The highest BCUT2D eigenvalue weighted by molar-refractivity contribution is 6.32. The third kappa shape index (κ3) is 12.6. The van der Waals surface area contributed by atoms with E-state index in [0.717, 1.165) is 13.8 Å². The lowest BCUT2D eigenvalue weighted by Crippen LogP contribution is -2.60. The number of carboxylic acid groups (broad SMARTS) is 1. The minimum Gasteiger partial charge on any atom is -0.480 e. The number of nitrogens with one attached hydrogen (secondary N) is 5. The number of rotatable bonds is 9. The average Bonchev–Trinajstić information content (AvgIpc) is 3.72. The Balaban J connectivity index is 1.60. The molecule has 6 rings (SSSR count). The summed E-state index contributed by atoms with van der Waals surface area (Å²) >= 11 is 0. The number of furan rings is 1.